The van der Waals surface area contributed by atoms with Crippen LogP contribution in [0.4, 0.5) is 0 Å². The molecule has 96 valence electrons. The number of hydrogen-bond acceptors (Lipinski definition) is 2. The van der Waals surface area contributed by atoms with Gasteiger partial charge in [-0.25, -0.2) is 0 Å². The summed E-state index contributed by atoms with van der Waals surface area (Å²) in [5.74, 6) is 0. The minimum Gasteiger partial charge on any atom is -0.395 e. The Bertz CT molecular complexity index is 157. The lowest BCUT2D eigenvalue weighted by molar-refractivity contribution is 0.0994. The molecule has 0 radical (unpaired) electrons. The van der Waals surface area contributed by atoms with Gasteiger partial charge in [-0.05, 0) is 25.8 Å². The van der Waals surface area contributed by atoms with Crippen LogP contribution in [0.25, 0.3) is 0 Å². The SMILES string of the molecule is CCCCCCCCN(CCO)C1CCC1. The third-order valence-corrected chi connectivity index (χ3v) is 3.78. The maximum atomic E-state index is 9.04. The van der Waals surface area contributed by atoms with Crippen LogP contribution in [0.3, 0.4) is 0 Å². The van der Waals surface area contributed by atoms with Crippen molar-refractivity contribution in [1.29, 1.82) is 0 Å². The summed E-state index contributed by atoms with van der Waals surface area (Å²) in [4.78, 5) is 2.50. The zero-order chi connectivity index (χ0) is 11.6. The van der Waals surface area contributed by atoms with Crippen molar-refractivity contribution in [2.75, 3.05) is 19.7 Å². The number of unbranched alkanes of at least 4 members (excludes halogenated alkanes) is 5. The fourth-order valence-corrected chi connectivity index (χ4v) is 2.45. The highest BCUT2D eigenvalue weighted by molar-refractivity contribution is 4.79. The Hall–Kier alpha value is -0.0800. The van der Waals surface area contributed by atoms with Crippen molar-refractivity contribution in [3.05, 3.63) is 0 Å². The van der Waals surface area contributed by atoms with E-state index in [4.69, 9.17) is 5.11 Å². The zero-order valence-electron chi connectivity index (χ0n) is 11.0. The number of rotatable bonds is 10. The molecule has 0 aromatic rings. The number of nitrogens with zero attached hydrogens (tertiary/aromatic N) is 1. The molecule has 1 fully saturated rings. The number of aliphatic hydroxyl groups excluding tert-OH is 1. The molecule has 0 aromatic heterocycles. The quantitative estimate of drug-likeness (QED) is 0.579. The Kier molecular flexibility index (Phi) is 7.87. The molecule has 16 heavy (non-hydrogen) atoms. The van der Waals surface area contributed by atoms with Crippen LogP contribution in [0.5, 0.6) is 0 Å². The molecule has 2 heteroatoms. The second-order valence-corrected chi connectivity index (χ2v) is 5.11. The second-order valence-electron chi connectivity index (χ2n) is 5.11. The fourth-order valence-electron chi connectivity index (χ4n) is 2.45. The lowest BCUT2D eigenvalue weighted by Gasteiger charge is -2.37. The fraction of sp³-hybridized carbons (Fsp3) is 1.00. The van der Waals surface area contributed by atoms with Crippen molar-refractivity contribution in [3.63, 3.8) is 0 Å². The van der Waals surface area contributed by atoms with Crippen LogP contribution in [0.1, 0.15) is 64.7 Å². The normalized spacial score (nSPS) is 16.7. The van der Waals surface area contributed by atoms with Gasteiger partial charge in [0.25, 0.3) is 0 Å². The van der Waals surface area contributed by atoms with Crippen molar-refractivity contribution >= 4 is 0 Å². The predicted molar refractivity (Wildman–Crippen MR) is 69.7 cm³/mol. The molecule has 0 heterocycles. The Morgan fingerprint density at radius 1 is 1.00 bits per heavy atom. The maximum Gasteiger partial charge on any atom is 0.0558 e. The summed E-state index contributed by atoms with van der Waals surface area (Å²) in [6.07, 6.45) is 12.3. The van der Waals surface area contributed by atoms with Crippen LogP contribution in [-0.4, -0.2) is 35.7 Å². The van der Waals surface area contributed by atoms with E-state index in [2.05, 4.69) is 11.8 Å². The molecule has 0 atom stereocenters. The molecule has 0 unspecified atom stereocenters. The van der Waals surface area contributed by atoms with E-state index in [9.17, 15) is 0 Å². The van der Waals surface area contributed by atoms with Gasteiger partial charge in [0.05, 0.1) is 6.61 Å². The van der Waals surface area contributed by atoms with E-state index in [1.807, 2.05) is 0 Å². The summed E-state index contributed by atoms with van der Waals surface area (Å²) in [6.45, 7) is 4.68. The maximum absolute atomic E-state index is 9.04. The van der Waals surface area contributed by atoms with Crippen molar-refractivity contribution < 1.29 is 5.11 Å². The van der Waals surface area contributed by atoms with Crippen molar-refractivity contribution in [1.82, 2.24) is 4.90 Å². The zero-order valence-corrected chi connectivity index (χ0v) is 11.0. The molecule has 1 aliphatic carbocycles. The van der Waals surface area contributed by atoms with Crippen molar-refractivity contribution in [3.8, 4) is 0 Å². The first-order valence-electron chi connectivity index (χ1n) is 7.23. The number of aliphatic hydroxyl groups is 1. The van der Waals surface area contributed by atoms with Crippen LogP contribution in [-0.2, 0) is 0 Å². The summed E-state index contributed by atoms with van der Waals surface area (Å²) in [7, 11) is 0. The first kappa shape index (κ1) is 14.0. The van der Waals surface area contributed by atoms with Gasteiger partial charge in [-0.1, -0.05) is 45.4 Å². The van der Waals surface area contributed by atoms with Gasteiger partial charge in [-0.3, -0.25) is 4.90 Å². The van der Waals surface area contributed by atoms with Crippen LogP contribution < -0.4 is 0 Å². The molecule has 0 aliphatic heterocycles. The Labute approximate surface area is 101 Å². The topological polar surface area (TPSA) is 23.5 Å². The molecule has 1 aliphatic rings. The number of hydrogen-bond donors (Lipinski definition) is 1. The molecule has 0 spiro atoms. The molecule has 1 saturated carbocycles. The van der Waals surface area contributed by atoms with Crippen LogP contribution in [0, 0.1) is 0 Å². The minimum absolute atomic E-state index is 0.326. The highest BCUT2D eigenvalue weighted by Gasteiger charge is 2.23. The highest BCUT2D eigenvalue weighted by atomic mass is 16.3. The van der Waals surface area contributed by atoms with E-state index in [0.717, 1.165) is 12.6 Å². The van der Waals surface area contributed by atoms with E-state index in [1.54, 1.807) is 0 Å². The average molecular weight is 227 g/mol. The lowest BCUT2D eigenvalue weighted by Crippen LogP contribution is -2.42. The van der Waals surface area contributed by atoms with Crippen LogP contribution in [0.2, 0.25) is 0 Å². The smallest absolute Gasteiger partial charge is 0.0558 e. The van der Waals surface area contributed by atoms with Gasteiger partial charge in [-0.15, -0.1) is 0 Å². The summed E-state index contributed by atoms with van der Waals surface area (Å²) in [6, 6.07) is 0.794. The van der Waals surface area contributed by atoms with E-state index in [1.165, 1.54) is 64.3 Å². The third kappa shape index (κ3) is 5.31. The molecule has 0 aromatic carbocycles. The lowest BCUT2D eigenvalue weighted by atomic mass is 9.91. The first-order chi connectivity index (χ1) is 7.88. The molecule has 1 N–H and O–H groups in total. The van der Waals surface area contributed by atoms with Gasteiger partial charge in [0.1, 0.15) is 0 Å². The molecule has 0 amide bonds. The summed E-state index contributed by atoms with van der Waals surface area (Å²) >= 11 is 0. The average Bonchev–Trinajstić information content (AvgIpc) is 2.21. The molecule has 1 rings (SSSR count). The van der Waals surface area contributed by atoms with Crippen LogP contribution >= 0.6 is 0 Å². The van der Waals surface area contributed by atoms with E-state index in [0.29, 0.717) is 6.61 Å². The Morgan fingerprint density at radius 3 is 2.25 bits per heavy atom. The largest absolute Gasteiger partial charge is 0.395 e. The van der Waals surface area contributed by atoms with E-state index >= 15 is 0 Å². The third-order valence-electron chi connectivity index (χ3n) is 3.78. The van der Waals surface area contributed by atoms with E-state index in [-0.39, 0.29) is 0 Å². The summed E-state index contributed by atoms with van der Waals surface area (Å²) < 4.78 is 0. The Morgan fingerprint density at radius 2 is 1.69 bits per heavy atom. The molecule has 0 bridgehead atoms. The van der Waals surface area contributed by atoms with Crippen molar-refractivity contribution in [2.45, 2.75) is 70.8 Å². The predicted octanol–water partition coefficient (Wildman–Crippen LogP) is 3.19. The molecule has 0 saturated heterocycles. The van der Waals surface area contributed by atoms with Crippen LogP contribution in [0.15, 0.2) is 0 Å². The molecular formula is C14H29NO. The summed E-state index contributed by atoms with van der Waals surface area (Å²) in [5.41, 5.74) is 0. The summed E-state index contributed by atoms with van der Waals surface area (Å²) in [5, 5.41) is 9.04. The van der Waals surface area contributed by atoms with Crippen molar-refractivity contribution in [2.24, 2.45) is 0 Å². The van der Waals surface area contributed by atoms with E-state index < -0.39 is 0 Å². The molecular weight excluding hydrogens is 198 g/mol. The van der Waals surface area contributed by atoms with Gasteiger partial charge < -0.3 is 5.11 Å². The second kappa shape index (κ2) is 9.00. The first-order valence-corrected chi connectivity index (χ1v) is 7.23. The van der Waals surface area contributed by atoms with Gasteiger partial charge in [-0.2, -0.15) is 0 Å². The van der Waals surface area contributed by atoms with Gasteiger partial charge >= 0.3 is 0 Å². The standard InChI is InChI=1S/C14H29NO/c1-2-3-4-5-6-7-11-15(12-13-16)14-9-8-10-14/h14,16H,2-13H2,1H3. The minimum atomic E-state index is 0.326. The Balaban J connectivity index is 1.98. The van der Waals surface area contributed by atoms with Gasteiger partial charge in [0, 0.05) is 12.6 Å². The highest BCUT2D eigenvalue weighted by Crippen LogP contribution is 2.24. The van der Waals surface area contributed by atoms with Gasteiger partial charge in [0.15, 0.2) is 0 Å². The van der Waals surface area contributed by atoms with Gasteiger partial charge in [0.2, 0.25) is 0 Å². The molecule has 2 nitrogen and oxygen atoms in total. The monoisotopic (exact) mass is 227 g/mol.